The smallest absolute Gasteiger partial charge is 0.224 e. The van der Waals surface area contributed by atoms with E-state index in [2.05, 4.69) is 15.0 Å². The Bertz CT molecular complexity index is 1070. The zero-order valence-corrected chi connectivity index (χ0v) is 15.8. The van der Waals surface area contributed by atoms with Crippen molar-refractivity contribution in [3.8, 4) is 17.2 Å². The van der Waals surface area contributed by atoms with Gasteiger partial charge >= 0.3 is 0 Å². The standard InChI is InChI=1S/C19H20N6O3/c1-26-13-6-11(7-14(27-2)16(13)28-3)25-5-4-12-10(9-25)8-22-18-15(12)17(20)23-19(21)24-18/h4-8H,9H2,1-3H3,(H4,20,21,22,23,24)/p+1. The van der Waals surface area contributed by atoms with Crippen molar-refractivity contribution < 1.29 is 19.1 Å². The summed E-state index contributed by atoms with van der Waals surface area (Å²) in [6.07, 6.45) is 5.83. The second-order valence-corrected chi connectivity index (χ2v) is 6.31. The van der Waals surface area contributed by atoms with Gasteiger partial charge in [-0.05, 0) is 0 Å². The lowest BCUT2D eigenvalue weighted by Gasteiger charge is -2.22. The number of anilines is 2. The normalized spacial score (nSPS) is 15.3. The Morgan fingerprint density at radius 3 is 2.36 bits per heavy atom. The van der Waals surface area contributed by atoms with Crippen LogP contribution in [0.1, 0.15) is 11.1 Å². The number of rotatable bonds is 4. The molecule has 5 N–H and O–H groups in total. The van der Waals surface area contributed by atoms with Gasteiger partial charge in [-0.1, -0.05) is 0 Å². The van der Waals surface area contributed by atoms with Gasteiger partial charge in [-0.2, -0.15) is 9.97 Å². The van der Waals surface area contributed by atoms with E-state index in [4.69, 9.17) is 25.7 Å². The summed E-state index contributed by atoms with van der Waals surface area (Å²) >= 11 is 0. The SMILES string of the molecule is COc1cc([NH+]2C=Cc3c(cnc4nc(N)nc(N)c34)C2)cc(OC)c1OC. The van der Waals surface area contributed by atoms with Crippen LogP contribution < -0.4 is 30.6 Å². The molecule has 0 spiro atoms. The monoisotopic (exact) mass is 381 g/mol. The minimum atomic E-state index is 0.113. The molecular formula is C19H21N6O3+. The third kappa shape index (κ3) is 2.81. The average molecular weight is 381 g/mol. The number of quaternary nitrogens is 1. The van der Waals surface area contributed by atoms with Gasteiger partial charge in [-0.3, -0.25) is 4.90 Å². The van der Waals surface area contributed by atoms with Crippen LogP contribution in [0.15, 0.2) is 24.5 Å². The van der Waals surface area contributed by atoms with Crippen LogP contribution in [0, 0.1) is 0 Å². The number of pyridine rings is 1. The molecule has 1 aliphatic heterocycles. The van der Waals surface area contributed by atoms with E-state index in [0.29, 0.717) is 40.6 Å². The molecule has 0 saturated heterocycles. The maximum Gasteiger partial charge on any atom is 0.224 e. The van der Waals surface area contributed by atoms with Crippen LogP contribution in [0.3, 0.4) is 0 Å². The molecule has 144 valence electrons. The van der Waals surface area contributed by atoms with Gasteiger partial charge in [0.25, 0.3) is 0 Å². The highest BCUT2D eigenvalue weighted by atomic mass is 16.5. The Morgan fingerprint density at radius 1 is 1.00 bits per heavy atom. The summed E-state index contributed by atoms with van der Waals surface area (Å²) in [4.78, 5) is 13.7. The predicted octanol–water partition coefficient (Wildman–Crippen LogP) is 0.916. The number of nitrogens with zero attached hydrogens (tertiary/aromatic N) is 3. The topological polar surface area (TPSA) is 123 Å². The number of hydrogen-bond acceptors (Lipinski definition) is 8. The number of nitrogen functional groups attached to an aromatic ring is 2. The van der Waals surface area contributed by atoms with Crippen LogP contribution in [-0.4, -0.2) is 36.3 Å². The van der Waals surface area contributed by atoms with Crippen LogP contribution in [0.25, 0.3) is 17.1 Å². The highest BCUT2D eigenvalue weighted by molar-refractivity contribution is 5.95. The van der Waals surface area contributed by atoms with E-state index >= 15 is 0 Å². The maximum absolute atomic E-state index is 6.08. The van der Waals surface area contributed by atoms with Crippen molar-refractivity contribution >= 4 is 34.6 Å². The third-order valence-corrected chi connectivity index (χ3v) is 4.76. The van der Waals surface area contributed by atoms with E-state index in [0.717, 1.165) is 21.7 Å². The molecule has 0 aliphatic carbocycles. The third-order valence-electron chi connectivity index (χ3n) is 4.76. The zero-order valence-electron chi connectivity index (χ0n) is 15.8. The van der Waals surface area contributed by atoms with Gasteiger partial charge in [0.2, 0.25) is 11.7 Å². The molecule has 1 unspecified atom stereocenters. The van der Waals surface area contributed by atoms with Gasteiger partial charge in [0.05, 0.1) is 26.7 Å². The summed E-state index contributed by atoms with van der Waals surface area (Å²) in [6.45, 7) is 0.664. The van der Waals surface area contributed by atoms with Crippen molar-refractivity contribution in [3.63, 3.8) is 0 Å². The van der Waals surface area contributed by atoms with Crippen molar-refractivity contribution in [1.29, 1.82) is 0 Å². The van der Waals surface area contributed by atoms with E-state index in [-0.39, 0.29) is 5.95 Å². The molecule has 0 bridgehead atoms. The molecule has 28 heavy (non-hydrogen) atoms. The summed E-state index contributed by atoms with van der Waals surface area (Å²) < 4.78 is 16.3. The van der Waals surface area contributed by atoms with E-state index in [9.17, 15) is 0 Å². The fourth-order valence-corrected chi connectivity index (χ4v) is 3.45. The summed E-state index contributed by atoms with van der Waals surface area (Å²) in [5.41, 5.74) is 15.2. The quantitative estimate of drug-likeness (QED) is 0.610. The second-order valence-electron chi connectivity index (χ2n) is 6.31. The molecule has 1 atom stereocenters. The maximum atomic E-state index is 6.08. The molecule has 9 heteroatoms. The fourth-order valence-electron chi connectivity index (χ4n) is 3.45. The highest BCUT2D eigenvalue weighted by Crippen LogP contribution is 2.39. The summed E-state index contributed by atoms with van der Waals surface area (Å²) in [7, 11) is 4.78. The minimum Gasteiger partial charge on any atom is -0.492 e. The van der Waals surface area contributed by atoms with Crippen molar-refractivity contribution in [3.05, 3.63) is 35.7 Å². The molecule has 3 heterocycles. The van der Waals surface area contributed by atoms with Crippen LogP contribution in [0.5, 0.6) is 17.2 Å². The Hall–Kier alpha value is -3.59. The Balaban J connectivity index is 1.78. The van der Waals surface area contributed by atoms with Gasteiger partial charge in [-0.25, -0.2) is 4.98 Å². The predicted molar refractivity (Wildman–Crippen MR) is 106 cm³/mol. The van der Waals surface area contributed by atoms with Gasteiger partial charge in [-0.15, -0.1) is 0 Å². The number of nitrogens with one attached hydrogen (secondary N) is 1. The number of hydrogen-bond donors (Lipinski definition) is 3. The van der Waals surface area contributed by atoms with E-state index in [1.165, 1.54) is 0 Å². The summed E-state index contributed by atoms with van der Waals surface area (Å²) in [6, 6.07) is 3.86. The van der Waals surface area contributed by atoms with Crippen LogP contribution in [0.4, 0.5) is 17.5 Å². The van der Waals surface area contributed by atoms with Gasteiger partial charge in [0.1, 0.15) is 24.2 Å². The highest BCUT2D eigenvalue weighted by Gasteiger charge is 2.24. The van der Waals surface area contributed by atoms with Gasteiger partial charge in [0, 0.05) is 35.5 Å². The van der Waals surface area contributed by atoms with E-state index in [1.54, 1.807) is 27.5 Å². The molecule has 3 aromatic rings. The molecule has 1 aliphatic rings. The zero-order chi connectivity index (χ0) is 19.8. The van der Waals surface area contributed by atoms with E-state index in [1.807, 2.05) is 24.4 Å². The molecule has 9 nitrogen and oxygen atoms in total. The minimum absolute atomic E-state index is 0.113. The molecule has 0 amide bonds. The number of ether oxygens (including phenoxy) is 3. The molecular weight excluding hydrogens is 360 g/mol. The molecule has 4 rings (SSSR count). The molecule has 0 fully saturated rings. The second kappa shape index (κ2) is 6.86. The van der Waals surface area contributed by atoms with Crippen LogP contribution in [-0.2, 0) is 6.54 Å². The lowest BCUT2D eigenvalue weighted by Crippen LogP contribution is -3.01. The van der Waals surface area contributed by atoms with Crippen molar-refractivity contribution in [2.24, 2.45) is 0 Å². The molecule has 1 aromatic carbocycles. The first kappa shape index (κ1) is 17.8. The number of nitrogens with two attached hydrogens (primary N) is 2. The van der Waals surface area contributed by atoms with Crippen LogP contribution in [0.2, 0.25) is 0 Å². The first-order valence-electron chi connectivity index (χ1n) is 8.60. The van der Waals surface area contributed by atoms with Crippen molar-refractivity contribution in [2.45, 2.75) is 6.54 Å². The number of methoxy groups -OCH3 is 3. The summed E-state index contributed by atoms with van der Waals surface area (Å²) in [5, 5.41) is 0.715. The van der Waals surface area contributed by atoms with Crippen LogP contribution >= 0.6 is 0 Å². The largest absolute Gasteiger partial charge is 0.492 e. The first-order chi connectivity index (χ1) is 13.5. The first-order valence-corrected chi connectivity index (χ1v) is 8.60. The molecule has 0 radical (unpaired) electrons. The average Bonchev–Trinajstić information content (AvgIpc) is 2.71. The number of fused-ring (bicyclic) bond motifs is 3. The van der Waals surface area contributed by atoms with E-state index < -0.39 is 0 Å². The van der Waals surface area contributed by atoms with Crippen molar-refractivity contribution in [2.75, 3.05) is 32.8 Å². The Morgan fingerprint density at radius 2 is 1.71 bits per heavy atom. The summed E-state index contributed by atoms with van der Waals surface area (Å²) in [5.74, 6) is 2.21. The Kier molecular flexibility index (Phi) is 4.36. The van der Waals surface area contributed by atoms with Gasteiger partial charge in [0.15, 0.2) is 17.1 Å². The molecule has 0 saturated carbocycles. The lowest BCUT2D eigenvalue weighted by atomic mass is 10.0. The number of benzene rings is 1. The fraction of sp³-hybridized carbons (Fsp3) is 0.211. The van der Waals surface area contributed by atoms with Crippen molar-refractivity contribution in [1.82, 2.24) is 15.0 Å². The van der Waals surface area contributed by atoms with Gasteiger partial charge < -0.3 is 25.7 Å². The number of aromatic nitrogens is 3. The lowest BCUT2D eigenvalue weighted by molar-refractivity contribution is -0.790. The Labute approximate surface area is 161 Å². The molecule has 2 aromatic heterocycles.